The zero-order chi connectivity index (χ0) is 12.4. The Hall–Kier alpha value is -1.34. The number of hydrogen-bond acceptors (Lipinski definition) is 4. The average molecular weight is 320 g/mol. The lowest BCUT2D eigenvalue weighted by atomic mass is 10.5. The number of anilines is 1. The SMILES string of the molecule is CCOC(=O)Nc1nnc2cc(Br)cc(Cl)n12. The Kier molecular flexibility index (Phi) is 3.49. The standard InChI is InChI=1S/C9H8BrClN4O2/c1-2-17-9(16)12-8-14-13-7-4-5(10)3-6(11)15(7)8/h3-4H,2H2,1H3,(H,12,14,16). The van der Waals surface area contributed by atoms with Gasteiger partial charge in [0.25, 0.3) is 0 Å². The van der Waals surface area contributed by atoms with Crippen LogP contribution in [-0.4, -0.2) is 27.3 Å². The molecule has 0 unspecified atom stereocenters. The van der Waals surface area contributed by atoms with Gasteiger partial charge >= 0.3 is 6.09 Å². The van der Waals surface area contributed by atoms with Gasteiger partial charge in [-0.15, -0.1) is 10.2 Å². The summed E-state index contributed by atoms with van der Waals surface area (Å²) in [5.74, 6) is 0.218. The zero-order valence-electron chi connectivity index (χ0n) is 8.78. The topological polar surface area (TPSA) is 68.5 Å². The van der Waals surface area contributed by atoms with Gasteiger partial charge in [-0.2, -0.15) is 0 Å². The minimum Gasteiger partial charge on any atom is -0.450 e. The average Bonchev–Trinajstić information content (AvgIpc) is 2.61. The lowest BCUT2D eigenvalue weighted by Crippen LogP contribution is -2.15. The fourth-order valence-corrected chi connectivity index (χ4v) is 2.12. The predicted octanol–water partition coefficient (Wildman–Crippen LogP) is 2.71. The van der Waals surface area contributed by atoms with Crippen molar-refractivity contribution in [3.8, 4) is 0 Å². The monoisotopic (exact) mass is 318 g/mol. The van der Waals surface area contributed by atoms with Crippen LogP contribution in [0.1, 0.15) is 6.92 Å². The van der Waals surface area contributed by atoms with E-state index in [1.54, 1.807) is 19.1 Å². The number of amides is 1. The van der Waals surface area contributed by atoms with E-state index in [0.717, 1.165) is 4.47 Å². The number of nitrogens with zero attached hydrogens (tertiary/aromatic N) is 3. The molecule has 2 aromatic heterocycles. The third-order valence-corrected chi connectivity index (χ3v) is 2.65. The number of fused-ring (bicyclic) bond motifs is 1. The van der Waals surface area contributed by atoms with Crippen LogP contribution in [0.2, 0.25) is 5.15 Å². The molecule has 6 nitrogen and oxygen atoms in total. The molecule has 0 saturated heterocycles. The molecule has 0 atom stereocenters. The van der Waals surface area contributed by atoms with E-state index in [4.69, 9.17) is 16.3 Å². The third kappa shape index (κ3) is 2.50. The second-order valence-corrected chi connectivity index (χ2v) is 4.36. The van der Waals surface area contributed by atoms with Gasteiger partial charge in [0.2, 0.25) is 5.95 Å². The van der Waals surface area contributed by atoms with Gasteiger partial charge in [0.1, 0.15) is 5.15 Å². The van der Waals surface area contributed by atoms with Crippen LogP contribution in [0.15, 0.2) is 16.6 Å². The van der Waals surface area contributed by atoms with E-state index in [2.05, 4.69) is 31.4 Å². The molecule has 0 aliphatic rings. The van der Waals surface area contributed by atoms with Crippen molar-refractivity contribution in [3.63, 3.8) is 0 Å². The van der Waals surface area contributed by atoms with Crippen molar-refractivity contribution in [2.45, 2.75) is 6.92 Å². The smallest absolute Gasteiger partial charge is 0.414 e. The number of halogens is 2. The Morgan fingerprint density at radius 1 is 1.59 bits per heavy atom. The summed E-state index contributed by atoms with van der Waals surface area (Å²) in [4.78, 5) is 11.3. The maximum absolute atomic E-state index is 11.3. The highest BCUT2D eigenvalue weighted by Crippen LogP contribution is 2.22. The van der Waals surface area contributed by atoms with Gasteiger partial charge in [-0.3, -0.25) is 9.72 Å². The van der Waals surface area contributed by atoms with E-state index >= 15 is 0 Å². The number of carbonyl (C=O) groups is 1. The Balaban J connectivity index is 2.39. The number of aromatic nitrogens is 3. The maximum atomic E-state index is 11.3. The summed E-state index contributed by atoms with van der Waals surface area (Å²) in [5, 5.41) is 10.5. The Labute approximate surface area is 110 Å². The molecule has 2 aromatic rings. The Bertz CT molecular complexity index is 571. The summed E-state index contributed by atoms with van der Waals surface area (Å²) in [7, 11) is 0. The molecule has 0 fully saturated rings. The molecular weight excluding hydrogens is 311 g/mol. The molecule has 0 saturated carbocycles. The molecular formula is C9H8BrClN4O2. The van der Waals surface area contributed by atoms with Crippen molar-refractivity contribution in [3.05, 3.63) is 21.8 Å². The first-order valence-electron chi connectivity index (χ1n) is 4.75. The maximum Gasteiger partial charge on any atom is 0.414 e. The highest BCUT2D eigenvalue weighted by atomic mass is 79.9. The normalized spacial score (nSPS) is 10.5. The number of pyridine rings is 1. The lowest BCUT2D eigenvalue weighted by Gasteiger charge is -2.04. The molecule has 0 spiro atoms. The van der Waals surface area contributed by atoms with Crippen molar-refractivity contribution in [2.75, 3.05) is 11.9 Å². The van der Waals surface area contributed by atoms with Gasteiger partial charge in [0.05, 0.1) is 6.61 Å². The number of rotatable bonds is 2. The summed E-state index contributed by atoms with van der Waals surface area (Å²) in [6.07, 6.45) is -0.596. The van der Waals surface area contributed by atoms with E-state index in [-0.39, 0.29) is 12.6 Å². The minimum atomic E-state index is -0.596. The van der Waals surface area contributed by atoms with Crippen LogP contribution >= 0.6 is 27.5 Å². The molecule has 2 rings (SSSR count). The van der Waals surface area contributed by atoms with Crippen LogP contribution < -0.4 is 5.32 Å². The first kappa shape index (κ1) is 12.1. The quantitative estimate of drug-likeness (QED) is 0.864. The van der Waals surface area contributed by atoms with Gasteiger partial charge in [0.15, 0.2) is 5.65 Å². The van der Waals surface area contributed by atoms with Gasteiger partial charge in [-0.25, -0.2) is 4.79 Å². The molecule has 0 aliphatic heterocycles. The molecule has 0 bridgehead atoms. The van der Waals surface area contributed by atoms with Gasteiger partial charge in [-0.05, 0) is 19.1 Å². The molecule has 0 radical (unpaired) electrons. The largest absolute Gasteiger partial charge is 0.450 e. The van der Waals surface area contributed by atoms with Crippen LogP contribution in [0.3, 0.4) is 0 Å². The fourth-order valence-electron chi connectivity index (χ4n) is 1.28. The van der Waals surface area contributed by atoms with Crippen molar-refractivity contribution < 1.29 is 9.53 Å². The molecule has 0 aliphatic carbocycles. The van der Waals surface area contributed by atoms with Gasteiger partial charge in [0, 0.05) is 4.47 Å². The summed E-state index contributed by atoms with van der Waals surface area (Å²) < 4.78 is 7.03. The number of ether oxygens (including phenoxy) is 1. The van der Waals surface area contributed by atoms with Gasteiger partial charge in [-0.1, -0.05) is 27.5 Å². The molecule has 90 valence electrons. The molecule has 1 N–H and O–H groups in total. The first-order valence-corrected chi connectivity index (χ1v) is 5.93. The highest BCUT2D eigenvalue weighted by Gasteiger charge is 2.12. The second kappa shape index (κ2) is 4.89. The Morgan fingerprint density at radius 2 is 2.35 bits per heavy atom. The van der Waals surface area contributed by atoms with E-state index in [1.165, 1.54) is 4.40 Å². The fraction of sp³-hybridized carbons (Fsp3) is 0.222. The molecule has 17 heavy (non-hydrogen) atoms. The van der Waals surface area contributed by atoms with Crippen molar-refractivity contribution in [2.24, 2.45) is 0 Å². The summed E-state index contributed by atoms with van der Waals surface area (Å²) in [5.41, 5.74) is 0.524. The van der Waals surface area contributed by atoms with Crippen LogP contribution in [0.5, 0.6) is 0 Å². The molecule has 0 aromatic carbocycles. The van der Waals surface area contributed by atoms with Crippen molar-refractivity contribution in [1.82, 2.24) is 14.6 Å². The number of hydrogen-bond donors (Lipinski definition) is 1. The zero-order valence-corrected chi connectivity index (χ0v) is 11.1. The van der Waals surface area contributed by atoms with Crippen LogP contribution in [0, 0.1) is 0 Å². The summed E-state index contributed by atoms with van der Waals surface area (Å²) in [6, 6.07) is 3.41. The Morgan fingerprint density at radius 3 is 3.06 bits per heavy atom. The third-order valence-electron chi connectivity index (χ3n) is 1.91. The number of nitrogens with one attached hydrogen (secondary N) is 1. The second-order valence-electron chi connectivity index (χ2n) is 3.06. The van der Waals surface area contributed by atoms with E-state index in [9.17, 15) is 4.79 Å². The van der Waals surface area contributed by atoms with Crippen LogP contribution in [0.25, 0.3) is 5.65 Å². The van der Waals surface area contributed by atoms with Crippen LogP contribution in [-0.2, 0) is 4.74 Å². The molecule has 2 heterocycles. The van der Waals surface area contributed by atoms with Crippen LogP contribution in [0.4, 0.5) is 10.7 Å². The van der Waals surface area contributed by atoms with E-state index in [1.807, 2.05) is 0 Å². The van der Waals surface area contributed by atoms with Crippen molar-refractivity contribution >= 4 is 45.2 Å². The molecule has 8 heteroatoms. The summed E-state index contributed by atoms with van der Waals surface area (Å²) >= 11 is 9.32. The van der Waals surface area contributed by atoms with E-state index in [0.29, 0.717) is 10.8 Å². The van der Waals surface area contributed by atoms with Gasteiger partial charge < -0.3 is 4.74 Å². The van der Waals surface area contributed by atoms with Crippen molar-refractivity contribution in [1.29, 1.82) is 0 Å². The summed E-state index contributed by atoms with van der Waals surface area (Å²) in [6.45, 7) is 1.99. The highest BCUT2D eigenvalue weighted by molar-refractivity contribution is 9.10. The predicted molar refractivity (Wildman–Crippen MR) is 66.3 cm³/mol. The minimum absolute atomic E-state index is 0.218. The molecule has 1 amide bonds. The first-order chi connectivity index (χ1) is 8.11. The lowest BCUT2D eigenvalue weighted by molar-refractivity contribution is 0.167. The number of carbonyl (C=O) groups excluding carboxylic acids is 1. The van der Waals surface area contributed by atoms with E-state index < -0.39 is 6.09 Å².